The maximum absolute atomic E-state index is 5.65. The lowest BCUT2D eigenvalue weighted by Crippen LogP contribution is -2.00. The van der Waals surface area contributed by atoms with Crippen LogP contribution >= 0.6 is 12.2 Å². The summed E-state index contributed by atoms with van der Waals surface area (Å²) in [4.78, 5) is 15.3. The Bertz CT molecular complexity index is 775. The van der Waals surface area contributed by atoms with E-state index in [0.29, 0.717) is 5.82 Å². The summed E-state index contributed by atoms with van der Waals surface area (Å²) in [6.45, 7) is 0. The van der Waals surface area contributed by atoms with Crippen LogP contribution < -0.4 is 5.73 Å². The number of aromatic amines is 1. The highest BCUT2D eigenvalue weighted by molar-refractivity contribution is 7.71. The van der Waals surface area contributed by atoms with Crippen molar-refractivity contribution in [1.29, 1.82) is 0 Å². The zero-order valence-corrected chi connectivity index (χ0v) is 10.1. The summed E-state index contributed by atoms with van der Waals surface area (Å²) in [6.07, 6.45) is 1.73. The zero-order chi connectivity index (χ0) is 12.5. The summed E-state index contributed by atoms with van der Waals surface area (Å²) in [5.41, 5.74) is 7.45. The van der Waals surface area contributed by atoms with E-state index in [-0.39, 0.29) is 10.7 Å². The summed E-state index contributed by atoms with van der Waals surface area (Å²) >= 11 is 4.97. The first-order chi connectivity index (χ1) is 8.74. The molecule has 0 atom stereocenters. The van der Waals surface area contributed by atoms with E-state index in [1.165, 1.54) is 0 Å². The van der Waals surface area contributed by atoms with Crippen LogP contribution in [0.1, 0.15) is 0 Å². The molecule has 0 aliphatic carbocycles. The number of nitrogens with zero attached hydrogens (tertiary/aromatic N) is 3. The van der Waals surface area contributed by atoms with Crippen molar-refractivity contribution in [2.45, 2.75) is 0 Å². The Kier molecular flexibility index (Phi) is 2.49. The van der Waals surface area contributed by atoms with Gasteiger partial charge in [-0.15, -0.1) is 0 Å². The molecule has 3 N–H and O–H groups in total. The van der Waals surface area contributed by atoms with E-state index in [1.54, 1.807) is 6.20 Å². The fourth-order valence-electron chi connectivity index (χ4n) is 1.83. The Morgan fingerprint density at radius 2 is 1.94 bits per heavy atom. The van der Waals surface area contributed by atoms with E-state index in [2.05, 4.69) is 19.9 Å². The van der Waals surface area contributed by atoms with Gasteiger partial charge in [-0.1, -0.05) is 18.2 Å². The van der Waals surface area contributed by atoms with Gasteiger partial charge in [0.2, 0.25) is 10.7 Å². The molecule has 0 bridgehead atoms. The molecule has 0 aliphatic rings. The third-order valence-corrected chi connectivity index (χ3v) is 2.76. The molecule has 0 unspecified atom stereocenters. The van der Waals surface area contributed by atoms with Crippen molar-refractivity contribution in [3.05, 3.63) is 41.3 Å². The zero-order valence-electron chi connectivity index (χ0n) is 9.29. The molecule has 0 radical (unpaired) electrons. The molecule has 0 spiro atoms. The highest BCUT2D eigenvalue weighted by Gasteiger charge is 2.06. The number of nitrogens with two attached hydrogens (primary N) is 1. The fourth-order valence-corrected chi connectivity index (χ4v) is 2.02. The highest BCUT2D eigenvalue weighted by atomic mass is 32.1. The second kappa shape index (κ2) is 4.15. The number of H-pyrrole nitrogens is 1. The minimum Gasteiger partial charge on any atom is -0.369 e. The van der Waals surface area contributed by atoms with Crippen LogP contribution in [0.25, 0.3) is 22.3 Å². The fraction of sp³-hybridized carbons (Fsp3) is 0. The molecule has 0 fully saturated rings. The highest BCUT2D eigenvalue weighted by Crippen LogP contribution is 2.24. The van der Waals surface area contributed by atoms with Crippen LogP contribution in [0.3, 0.4) is 0 Å². The Hall–Kier alpha value is -2.34. The number of nitrogen functional groups attached to an aromatic ring is 1. The first kappa shape index (κ1) is 10.8. The van der Waals surface area contributed by atoms with Crippen molar-refractivity contribution >= 4 is 29.1 Å². The lowest BCUT2D eigenvalue weighted by molar-refractivity contribution is 1.05. The predicted octanol–water partition coefficient (Wildman–Crippen LogP) is 2.33. The topological polar surface area (TPSA) is 80.5 Å². The lowest BCUT2D eigenvalue weighted by Gasteiger charge is -2.05. The lowest BCUT2D eigenvalue weighted by atomic mass is 10.1. The normalized spacial score (nSPS) is 10.7. The molecule has 18 heavy (non-hydrogen) atoms. The standard InChI is InChI=1S/C12H9N5S/c13-11-15-10(16-12(18)17-11)8-5-6-14-9-4-2-1-3-7(8)9/h1-6H,(H3,13,15,16,17,18). The molecule has 1 aromatic carbocycles. The Morgan fingerprint density at radius 3 is 2.78 bits per heavy atom. The summed E-state index contributed by atoms with van der Waals surface area (Å²) in [5.74, 6) is 0.858. The molecule has 0 amide bonds. The average molecular weight is 255 g/mol. The van der Waals surface area contributed by atoms with Gasteiger partial charge < -0.3 is 10.7 Å². The number of nitrogens with one attached hydrogen (secondary N) is 1. The van der Waals surface area contributed by atoms with Gasteiger partial charge in [0.1, 0.15) is 5.82 Å². The van der Waals surface area contributed by atoms with Crippen LogP contribution in [0.15, 0.2) is 36.5 Å². The van der Waals surface area contributed by atoms with Gasteiger partial charge in [0.05, 0.1) is 5.52 Å². The predicted molar refractivity (Wildman–Crippen MR) is 72.4 cm³/mol. The monoisotopic (exact) mass is 255 g/mol. The smallest absolute Gasteiger partial charge is 0.224 e. The van der Waals surface area contributed by atoms with E-state index in [1.807, 2.05) is 30.3 Å². The van der Waals surface area contributed by atoms with Crippen molar-refractivity contribution in [2.75, 3.05) is 5.73 Å². The van der Waals surface area contributed by atoms with Crippen molar-refractivity contribution in [2.24, 2.45) is 0 Å². The quantitative estimate of drug-likeness (QED) is 0.652. The number of benzene rings is 1. The summed E-state index contributed by atoms with van der Waals surface area (Å²) in [6, 6.07) is 9.68. The molecule has 0 aliphatic heterocycles. The maximum atomic E-state index is 5.65. The molecule has 2 heterocycles. The number of pyridine rings is 1. The van der Waals surface area contributed by atoms with Crippen LogP contribution in [-0.2, 0) is 0 Å². The van der Waals surface area contributed by atoms with Gasteiger partial charge in [-0.2, -0.15) is 4.98 Å². The van der Waals surface area contributed by atoms with Crippen molar-refractivity contribution < 1.29 is 0 Å². The molecule has 6 heteroatoms. The van der Waals surface area contributed by atoms with Crippen molar-refractivity contribution in [3.8, 4) is 11.4 Å². The Balaban J connectivity index is 2.34. The van der Waals surface area contributed by atoms with Gasteiger partial charge in [-0.3, -0.25) is 4.98 Å². The second-order valence-corrected chi connectivity index (χ2v) is 4.11. The van der Waals surface area contributed by atoms with Crippen molar-refractivity contribution in [1.82, 2.24) is 19.9 Å². The van der Waals surface area contributed by atoms with E-state index in [4.69, 9.17) is 18.0 Å². The van der Waals surface area contributed by atoms with E-state index in [0.717, 1.165) is 16.5 Å². The number of para-hydroxylation sites is 1. The Morgan fingerprint density at radius 1 is 1.11 bits per heavy atom. The SMILES string of the molecule is Nc1nc(=S)nc(-c2ccnc3ccccc23)[nH]1. The third kappa shape index (κ3) is 1.82. The third-order valence-electron chi connectivity index (χ3n) is 2.57. The molecule has 3 aromatic rings. The number of hydrogen-bond acceptors (Lipinski definition) is 5. The molecular formula is C12H9N5S. The van der Waals surface area contributed by atoms with Crippen LogP contribution in [0.4, 0.5) is 5.95 Å². The van der Waals surface area contributed by atoms with Crippen LogP contribution in [0.5, 0.6) is 0 Å². The van der Waals surface area contributed by atoms with E-state index >= 15 is 0 Å². The van der Waals surface area contributed by atoms with Gasteiger partial charge in [0.25, 0.3) is 0 Å². The molecule has 88 valence electrons. The first-order valence-electron chi connectivity index (χ1n) is 5.32. The van der Waals surface area contributed by atoms with Crippen molar-refractivity contribution in [3.63, 3.8) is 0 Å². The number of anilines is 1. The minimum atomic E-state index is 0.224. The van der Waals surface area contributed by atoms with Crippen LogP contribution in [0, 0.1) is 4.77 Å². The minimum absolute atomic E-state index is 0.224. The van der Waals surface area contributed by atoms with E-state index in [9.17, 15) is 0 Å². The molecule has 0 saturated heterocycles. The molecule has 0 saturated carbocycles. The van der Waals surface area contributed by atoms with Gasteiger partial charge in [-0.05, 0) is 24.4 Å². The molecule has 2 aromatic heterocycles. The number of fused-ring (bicyclic) bond motifs is 1. The average Bonchev–Trinajstić information content (AvgIpc) is 2.37. The van der Waals surface area contributed by atoms with Crippen LogP contribution in [-0.4, -0.2) is 19.9 Å². The summed E-state index contributed by atoms with van der Waals surface area (Å²) in [7, 11) is 0. The second-order valence-electron chi connectivity index (χ2n) is 3.74. The largest absolute Gasteiger partial charge is 0.369 e. The van der Waals surface area contributed by atoms with E-state index < -0.39 is 0 Å². The first-order valence-corrected chi connectivity index (χ1v) is 5.73. The van der Waals surface area contributed by atoms with Gasteiger partial charge >= 0.3 is 0 Å². The number of hydrogen-bond donors (Lipinski definition) is 2. The maximum Gasteiger partial charge on any atom is 0.224 e. The van der Waals surface area contributed by atoms with Gasteiger partial charge in [0, 0.05) is 17.1 Å². The summed E-state index contributed by atoms with van der Waals surface area (Å²) < 4.78 is 0.224. The number of aromatic nitrogens is 4. The summed E-state index contributed by atoms with van der Waals surface area (Å²) in [5, 5.41) is 0.990. The Labute approximate surface area is 108 Å². The molecular weight excluding hydrogens is 246 g/mol. The van der Waals surface area contributed by atoms with Gasteiger partial charge in [0.15, 0.2) is 0 Å². The van der Waals surface area contributed by atoms with Gasteiger partial charge in [-0.25, -0.2) is 4.98 Å². The molecule has 3 rings (SSSR count). The number of rotatable bonds is 1. The van der Waals surface area contributed by atoms with Crippen LogP contribution in [0.2, 0.25) is 0 Å². The molecule has 5 nitrogen and oxygen atoms in total.